The number of ether oxygens (including phenoxy) is 2. The number of nitro groups is 1. The van der Waals surface area contributed by atoms with Crippen LogP contribution in [0.4, 0.5) is 20.2 Å². The lowest BCUT2D eigenvalue weighted by molar-refractivity contribution is -0.384. The van der Waals surface area contributed by atoms with Crippen LogP contribution in [0.25, 0.3) is 0 Å². The van der Waals surface area contributed by atoms with Crippen molar-refractivity contribution in [1.29, 1.82) is 0 Å². The van der Waals surface area contributed by atoms with Crippen molar-refractivity contribution in [2.75, 3.05) is 18.1 Å². The van der Waals surface area contributed by atoms with Gasteiger partial charge in [-0.2, -0.15) is 8.78 Å². The van der Waals surface area contributed by atoms with Gasteiger partial charge >= 0.3 is 6.61 Å². The second kappa shape index (κ2) is 7.98. The third kappa shape index (κ3) is 4.30. The molecule has 2 aromatic carbocycles. The summed E-state index contributed by atoms with van der Waals surface area (Å²) >= 11 is 0. The molecule has 0 aromatic heterocycles. The quantitative estimate of drug-likeness (QED) is 0.567. The highest BCUT2D eigenvalue weighted by molar-refractivity contribution is 5.97. The first kappa shape index (κ1) is 18.6. The first-order chi connectivity index (χ1) is 13.0. The molecule has 0 radical (unpaired) electrons. The first-order valence-electron chi connectivity index (χ1n) is 8.20. The second-order valence-corrected chi connectivity index (χ2v) is 5.83. The molecule has 0 atom stereocenters. The molecule has 0 N–H and O–H groups in total. The van der Waals surface area contributed by atoms with Gasteiger partial charge in [0.05, 0.1) is 10.6 Å². The van der Waals surface area contributed by atoms with Gasteiger partial charge in [-0.05, 0) is 36.6 Å². The molecule has 3 rings (SSSR count). The fraction of sp³-hybridized carbons (Fsp3) is 0.278. The van der Waals surface area contributed by atoms with Gasteiger partial charge in [0.15, 0.2) is 6.61 Å². The molecule has 1 aliphatic heterocycles. The van der Waals surface area contributed by atoms with Gasteiger partial charge < -0.3 is 14.4 Å². The standard InChI is InChI=1S/C18H16F2N2O5/c19-18(20)27-15-5-1-3-12-4-2-10-21(17(12)15)16(23)11-26-14-8-6-13(7-9-14)22(24)25/h1,3,5-9,18H,2,4,10-11H2. The van der Waals surface area contributed by atoms with Crippen LogP contribution in [0.5, 0.6) is 11.5 Å². The maximum Gasteiger partial charge on any atom is 0.387 e. The van der Waals surface area contributed by atoms with Crippen LogP contribution in [0.3, 0.4) is 0 Å². The fourth-order valence-corrected chi connectivity index (χ4v) is 2.94. The van der Waals surface area contributed by atoms with Crippen molar-refractivity contribution in [2.24, 2.45) is 0 Å². The van der Waals surface area contributed by atoms with Crippen molar-refractivity contribution in [3.05, 3.63) is 58.1 Å². The van der Waals surface area contributed by atoms with Gasteiger partial charge in [0.1, 0.15) is 11.5 Å². The lowest BCUT2D eigenvalue weighted by Crippen LogP contribution is -2.39. The van der Waals surface area contributed by atoms with Gasteiger partial charge in [-0.3, -0.25) is 14.9 Å². The maximum atomic E-state index is 12.7. The topological polar surface area (TPSA) is 81.9 Å². The van der Waals surface area contributed by atoms with Gasteiger partial charge in [-0.1, -0.05) is 12.1 Å². The van der Waals surface area contributed by atoms with E-state index in [4.69, 9.17) is 4.74 Å². The Kier molecular flexibility index (Phi) is 5.49. The van der Waals surface area contributed by atoms with Gasteiger partial charge in [-0.25, -0.2) is 0 Å². The summed E-state index contributed by atoms with van der Waals surface area (Å²) in [4.78, 5) is 24.1. The number of carbonyl (C=O) groups is 1. The van der Waals surface area contributed by atoms with Crippen molar-refractivity contribution in [2.45, 2.75) is 19.5 Å². The number of anilines is 1. The Morgan fingerprint density at radius 3 is 2.63 bits per heavy atom. The largest absolute Gasteiger partial charge is 0.484 e. The van der Waals surface area contributed by atoms with E-state index >= 15 is 0 Å². The second-order valence-electron chi connectivity index (χ2n) is 5.83. The van der Waals surface area contributed by atoms with E-state index < -0.39 is 17.4 Å². The number of rotatable bonds is 6. The summed E-state index contributed by atoms with van der Waals surface area (Å²) in [6.07, 6.45) is 1.34. The van der Waals surface area contributed by atoms with E-state index in [0.29, 0.717) is 30.8 Å². The van der Waals surface area contributed by atoms with Gasteiger partial charge in [0.2, 0.25) is 0 Å². The summed E-state index contributed by atoms with van der Waals surface area (Å²) in [5.74, 6) is -0.172. The zero-order valence-corrected chi connectivity index (χ0v) is 14.1. The predicted molar refractivity (Wildman–Crippen MR) is 92.3 cm³/mol. The molecule has 0 saturated heterocycles. The van der Waals surface area contributed by atoms with E-state index in [9.17, 15) is 23.7 Å². The normalized spacial score (nSPS) is 13.2. The first-order valence-corrected chi connectivity index (χ1v) is 8.20. The minimum absolute atomic E-state index is 0.0501. The van der Waals surface area contributed by atoms with Crippen LogP contribution in [0.2, 0.25) is 0 Å². The molecule has 0 unspecified atom stereocenters. The number of amides is 1. The molecule has 9 heteroatoms. The van der Waals surface area contributed by atoms with Crippen molar-refractivity contribution in [3.63, 3.8) is 0 Å². The molecular weight excluding hydrogens is 362 g/mol. The van der Waals surface area contributed by atoms with Crippen LogP contribution >= 0.6 is 0 Å². The SMILES string of the molecule is O=C(COc1ccc([N+](=O)[O-])cc1)N1CCCc2cccc(OC(F)F)c21. The average Bonchev–Trinajstić information content (AvgIpc) is 2.65. The zero-order valence-electron chi connectivity index (χ0n) is 14.1. The number of alkyl halides is 2. The highest BCUT2D eigenvalue weighted by atomic mass is 19.3. The average molecular weight is 378 g/mol. The maximum absolute atomic E-state index is 12.7. The summed E-state index contributed by atoms with van der Waals surface area (Å²) in [5.41, 5.74) is 0.997. The Morgan fingerprint density at radius 1 is 1.22 bits per heavy atom. The number of hydrogen-bond acceptors (Lipinski definition) is 5. The smallest absolute Gasteiger partial charge is 0.387 e. The molecule has 0 bridgehead atoms. The van der Waals surface area contributed by atoms with E-state index in [0.717, 1.165) is 5.56 Å². The highest BCUT2D eigenvalue weighted by Crippen LogP contribution is 2.37. The molecule has 1 heterocycles. The Labute approximate surface area is 153 Å². The molecule has 0 fully saturated rings. The van der Waals surface area contributed by atoms with Crippen molar-refractivity contribution in [1.82, 2.24) is 0 Å². The number of aryl methyl sites for hydroxylation is 1. The van der Waals surface area contributed by atoms with E-state index in [2.05, 4.69) is 4.74 Å². The Hall–Kier alpha value is -3.23. The molecular formula is C18H16F2N2O5. The van der Waals surface area contributed by atoms with Gasteiger partial charge in [-0.15, -0.1) is 0 Å². The molecule has 2 aromatic rings. The van der Waals surface area contributed by atoms with Crippen LogP contribution in [-0.4, -0.2) is 30.6 Å². The molecule has 142 valence electrons. The molecule has 0 saturated carbocycles. The van der Waals surface area contributed by atoms with Gasteiger partial charge in [0.25, 0.3) is 11.6 Å². The summed E-state index contributed by atoms with van der Waals surface area (Å²) in [6, 6.07) is 10.1. The minimum Gasteiger partial charge on any atom is -0.484 e. The fourth-order valence-electron chi connectivity index (χ4n) is 2.94. The molecule has 27 heavy (non-hydrogen) atoms. The number of fused-ring (bicyclic) bond motifs is 1. The summed E-state index contributed by atoms with van der Waals surface area (Å²) < 4.78 is 35.3. The third-order valence-corrected chi connectivity index (χ3v) is 4.11. The van der Waals surface area contributed by atoms with Crippen LogP contribution in [0.1, 0.15) is 12.0 Å². The number of nitro benzene ring substituents is 1. The lowest BCUT2D eigenvalue weighted by atomic mass is 10.0. The van der Waals surface area contributed by atoms with Crippen LogP contribution in [-0.2, 0) is 11.2 Å². The van der Waals surface area contributed by atoms with E-state index in [1.165, 1.54) is 35.2 Å². The zero-order chi connectivity index (χ0) is 19.4. The third-order valence-electron chi connectivity index (χ3n) is 4.11. The minimum atomic E-state index is -2.99. The summed E-state index contributed by atoms with van der Waals surface area (Å²) in [5, 5.41) is 10.6. The summed E-state index contributed by atoms with van der Waals surface area (Å²) in [6.45, 7) is -2.97. The number of non-ortho nitro benzene ring substituents is 1. The number of hydrogen-bond donors (Lipinski definition) is 0. The van der Waals surface area contributed by atoms with Crippen molar-refractivity contribution >= 4 is 17.3 Å². The van der Waals surface area contributed by atoms with Crippen LogP contribution < -0.4 is 14.4 Å². The van der Waals surface area contributed by atoms with E-state index in [-0.39, 0.29) is 18.0 Å². The van der Waals surface area contributed by atoms with Crippen molar-refractivity contribution in [3.8, 4) is 11.5 Å². The highest BCUT2D eigenvalue weighted by Gasteiger charge is 2.27. The Balaban J connectivity index is 1.74. The van der Waals surface area contributed by atoms with Gasteiger partial charge in [0, 0.05) is 18.7 Å². The van der Waals surface area contributed by atoms with Crippen LogP contribution in [0.15, 0.2) is 42.5 Å². The molecule has 0 aliphatic carbocycles. The van der Waals surface area contributed by atoms with E-state index in [1.807, 2.05) is 0 Å². The lowest BCUT2D eigenvalue weighted by Gasteiger charge is -2.31. The Morgan fingerprint density at radius 2 is 1.96 bits per heavy atom. The number of nitrogens with zero attached hydrogens (tertiary/aromatic N) is 2. The number of para-hydroxylation sites is 1. The van der Waals surface area contributed by atoms with E-state index in [1.54, 1.807) is 12.1 Å². The molecule has 1 aliphatic rings. The Bertz CT molecular complexity index is 842. The number of benzene rings is 2. The monoisotopic (exact) mass is 378 g/mol. The predicted octanol–water partition coefficient (Wildman–Crippen LogP) is 3.55. The number of carbonyl (C=O) groups excluding carboxylic acids is 1. The number of halogens is 2. The summed E-state index contributed by atoms with van der Waals surface area (Å²) in [7, 11) is 0. The van der Waals surface area contributed by atoms with Crippen LogP contribution in [0, 0.1) is 10.1 Å². The molecule has 0 spiro atoms. The van der Waals surface area contributed by atoms with Crippen molar-refractivity contribution < 1.29 is 28.0 Å². The molecule has 1 amide bonds. The molecule has 7 nitrogen and oxygen atoms in total.